The topological polar surface area (TPSA) is 75.1 Å². The summed E-state index contributed by atoms with van der Waals surface area (Å²) < 4.78 is 0. The summed E-state index contributed by atoms with van der Waals surface area (Å²) in [6.45, 7) is 0. The standard InChI is InChI=1S/C16H19N3O2/c1-21-19-14(12-8-4-2-5-9-12)15(18-17)16(20)13-10-6-3-7-11-13/h2,4-5,8-9,13H,3,6-7,10-11H2,1H3/b19-14-. The lowest BCUT2D eigenvalue weighted by atomic mass is 9.83. The zero-order valence-corrected chi connectivity index (χ0v) is 12.2. The summed E-state index contributed by atoms with van der Waals surface area (Å²) in [5, 5.41) is 3.89. The average Bonchev–Trinajstić information content (AvgIpc) is 2.56. The minimum absolute atomic E-state index is 0.0186. The van der Waals surface area contributed by atoms with Gasteiger partial charge in [0.05, 0.1) is 0 Å². The van der Waals surface area contributed by atoms with Crippen LogP contribution in [0.2, 0.25) is 0 Å². The minimum atomic E-state index is -0.156. The van der Waals surface area contributed by atoms with Gasteiger partial charge in [0, 0.05) is 11.5 Å². The van der Waals surface area contributed by atoms with Gasteiger partial charge in [0.25, 0.3) is 0 Å². The van der Waals surface area contributed by atoms with Crippen molar-refractivity contribution in [3.05, 3.63) is 41.4 Å². The molecule has 1 aliphatic rings. The van der Waals surface area contributed by atoms with Gasteiger partial charge in [0.2, 0.25) is 11.5 Å². The third kappa shape index (κ3) is 3.64. The first-order chi connectivity index (χ1) is 10.3. The maximum absolute atomic E-state index is 12.6. The molecular formula is C16H19N3O2. The van der Waals surface area contributed by atoms with Crippen LogP contribution in [0.1, 0.15) is 37.7 Å². The fourth-order valence-corrected chi connectivity index (χ4v) is 2.69. The van der Waals surface area contributed by atoms with E-state index in [1.165, 1.54) is 7.11 Å². The Balaban J connectivity index is 2.31. The Bertz CT molecular complexity index is 568. The normalized spacial score (nSPS) is 16.1. The summed E-state index contributed by atoms with van der Waals surface area (Å²) in [5.41, 5.74) is 10.3. The lowest BCUT2D eigenvalue weighted by Crippen LogP contribution is -2.33. The van der Waals surface area contributed by atoms with Gasteiger partial charge < -0.3 is 10.4 Å². The van der Waals surface area contributed by atoms with Crippen LogP contribution in [0.15, 0.2) is 35.5 Å². The van der Waals surface area contributed by atoms with Crippen molar-refractivity contribution in [3.8, 4) is 0 Å². The second kappa shape index (κ2) is 7.50. The molecule has 0 amide bonds. The second-order valence-corrected chi connectivity index (χ2v) is 5.14. The summed E-state index contributed by atoms with van der Waals surface area (Å²) >= 11 is 0. The van der Waals surface area contributed by atoms with E-state index in [-0.39, 0.29) is 23.1 Å². The highest BCUT2D eigenvalue weighted by molar-refractivity contribution is 6.68. The van der Waals surface area contributed by atoms with Gasteiger partial charge in [-0.1, -0.05) is 54.8 Å². The summed E-state index contributed by atoms with van der Waals surface area (Å²) in [6.07, 6.45) is 4.92. The fraction of sp³-hybridized carbons (Fsp3) is 0.438. The van der Waals surface area contributed by atoms with Crippen molar-refractivity contribution in [3.63, 3.8) is 0 Å². The molecule has 1 saturated carbocycles. The van der Waals surface area contributed by atoms with E-state index < -0.39 is 0 Å². The summed E-state index contributed by atoms with van der Waals surface area (Å²) in [6, 6.07) is 9.14. The highest BCUT2D eigenvalue weighted by Crippen LogP contribution is 2.25. The number of nitrogens with zero attached hydrogens (tertiary/aromatic N) is 3. The van der Waals surface area contributed by atoms with Crippen LogP contribution in [-0.4, -0.2) is 29.1 Å². The van der Waals surface area contributed by atoms with E-state index in [0.717, 1.165) is 32.1 Å². The molecule has 2 rings (SSSR count). The first kappa shape index (κ1) is 15.1. The molecule has 0 unspecified atom stereocenters. The molecule has 0 saturated heterocycles. The SMILES string of the molecule is CO/N=C(\C(=[N+]=[N-])C(=O)C1CCCCC1)c1ccccc1. The molecule has 0 spiro atoms. The van der Waals surface area contributed by atoms with Gasteiger partial charge in [0.1, 0.15) is 7.11 Å². The Morgan fingerprint density at radius 2 is 1.90 bits per heavy atom. The number of ketones is 1. The Morgan fingerprint density at radius 3 is 2.48 bits per heavy atom. The Labute approximate surface area is 124 Å². The van der Waals surface area contributed by atoms with Crippen LogP contribution in [0.25, 0.3) is 5.53 Å². The van der Waals surface area contributed by atoms with Gasteiger partial charge in [-0.3, -0.25) is 4.79 Å². The van der Waals surface area contributed by atoms with Crippen LogP contribution in [0.4, 0.5) is 0 Å². The first-order valence-corrected chi connectivity index (χ1v) is 7.21. The van der Waals surface area contributed by atoms with Gasteiger partial charge in [-0.25, -0.2) is 0 Å². The number of carbonyl (C=O) groups excluding carboxylic acids is 1. The molecule has 0 radical (unpaired) electrons. The van der Waals surface area contributed by atoms with Gasteiger partial charge in [-0.05, 0) is 12.8 Å². The number of rotatable bonds is 5. The van der Waals surface area contributed by atoms with Crippen molar-refractivity contribution in [2.24, 2.45) is 11.1 Å². The molecule has 1 fully saturated rings. The van der Waals surface area contributed by atoms with Crippen LogP contribution < -0.4 is 0 Å². The number of Topliss-reactive ketones (excluding diaryl/α,β-unsaturated/α-hetero) is 1. The maximum Gasteiger partial charge on any atom is 0.387 e. The minimum Gasteiger partial charge on any atom is -0.398 e. The second-order valence-electron chi connectivity index (χ2n) is 5.14. The van der Waals surface area contributed by atoms with Crippen LogP contribution in [0.3, 0.4) is 0 Å². The molecule has 1 aliphatic carbocycles. The van der Waals surface area contributed by atoms with Gasteiger partial charge in [0.15, 0.2) is 0 Å². The van der Waals surface area contributed by atoms with E-state index >= 15 is 0 Å². The number of oxime groups is 1. The van der Waals surface area contributed by atoms with E-state index in [4.69, 9.17) is 4.84 Å². The van der Waals surface area contributed by atoms with E-state index in [1.807, 2.05) is 18.2 Å². The quantitative estimate of drug-likeness (QED) is 0.361. The largest absolute Gasteiger partial charge is 0.398 e. The summed E-state index contributed by atoms with van der Waals surface area (Å²) in [5.74, 6) is -0.243. The van der Waals surface area contributed by atoms with Crippen LogP contribution in [0.5, 0.6) is 0 Å². The van der Waals surface area contributed by atoms with E-state index in [0.29, 0.717) is 5.56 Å². The number of benzene rings is 1. The third-order valence-corrected chi connectivity index (χ3v) is 3.76. The predicted molar refractivity (Wildman–Crippen MR) is 80.2 cm³/mol. The van der Waals surface area contributed by atoms with Gasteiger partial charge in [-0.2, -0.15) is 4.79 Å². The maximum atomic E-state index is 12.6. The van der Waals surface area contributed by atoms with E-state index in [1.54, 1.807) is 12.1 Å². The summed E-state index contributed by atoms with van der Waals surface area (Å²) in [7, 11) is 1.41. The third-order valence-electron chi connectivity index (χ3n) is 3.76. The molecular weight excluding hydrogens is 266 g/mol. The van der Waals surface area contributed by atoms with Crippen LogP contribution in [-0.2, 0) is 9.63 Å². The highest BCUT2D eigenvalue weighted by Gasteiger charge is 2.35. The van der Waals surface area contributed by atoms with Gasteiger partial charge in [-0.15, -0.1) is 0 Å². The van der Waals surface area contributed by atoms with E-state index in [9.17, 15) is 10.3 Å². The molecule has 5 nitrogen and oxygen atoms in total. The Morgan fingerprint density at radius 1 is 1.24 bits per heavy atom. The zero-order chi connectivity index (χ0) is 15.1. The molecule has 110 valence electrons. The molecule has 1 aromatic rings. The Kier molecular flexibility index (Phi) is 5.41. The van der Waals surface area contributed by atoms with Gasteiger partial charge >= 0.3 is 5.71 Å². The van der Waals surface area contributed by atoms with Crippen LogP contribution >= 0.6 is 0 Å². The molecule has 0 atom stereocenters. The molecule has 0 aromatic heterocycles. The smallest absolute Gasteiger partial charge is 0.387 e. The first-order valence-electron chi connectivity index (χ1n) is 7.21. The monoisotopic (exact) mass is 285 g/mol. The number of hydrogen-bond acceptors (Lipinski definition) is 3. The fourth-order valence-electron chi connectivity index (χ4n) is 2.69. The molecule has 0 N–H and O–H groups in total. The van der Waals surface area contributed by atoms with E-state index in [2.05, 4.69) is 9.95 Å². The lowest BCUT2D eigenvalue weighted by molar-refractivity contribution is -0.121. The summed E-state index contributed by atoms with van der Waals surface area (Å²) in [4.78, 5) is 20.6. The van der Waals surface area contributed by atoms with Crippen molar-refractivity contribution in [2.45, 2.75) is 32.1 Å². The van der Waals surface area contributed by atoms with Crippen molar-refractivity contribution >= 4 is 17.2 Å². The highest BCUT2D eigenvalue weighted by atomic mass is 16.6. The zero-order valence-electron chi connectivity index (χ0n) is 12.2. The number of hydrogen-bond donors (Lipinski definition) is 0. The lowest BCUT2D eigenvalue weighted by Gasteiger charge is -2.18. The van der Waals surface area contributed by atoms with Crippen molar-refractivity contribution in [1.29, 1.82) is 0 Å². The predicted octanol–water partition coefficient (Wildman–Crippen LogP) is 2.86. The Hall–Kier alpha value is -2.26. The number of carbonyl (C=O) groups is 1. The average molecular weight is 285 g/mol. The molecule has 0 bridgehead atoms. The molecule has 0 heterocycles. The molecule has 1 aromatic carbocycles. The van der Waals surface area contributed by atoms with Crippen molar-refractivity contribution < 1.29 is 14.4 Å². The van der Waals surface area contributed by atoms with Crippen molar-refractivity contribution in [1.82, 2.24) is 0 Å². The molecule has 21 heavy (non-hydrogen) atoms. The van der Waals surface area contributed by atoms with Crippen LogP contribution in [0, 0.1) is 5.92 Å². The van der Waals surface area contributed by atoms with Crippen molar-refractivity contribution in [2.75, 3.05) is 7.11 Å². The molecule has 5 heteroatoms. The molecule has 0 aliphatic heterocycles.